The van der Waals surface area contributed by atoms with Gasteiger partial charge in [-0.3, -0.25) is 0 Å². The molecular formula is C23H20Cl3N3S. The van der Waals surface area contributed by atoms with Gasteiger partial charge in [0.25, 0.3) is 0 Å². The van der Waals surface area contributed by atoms with E-state index in [-0.39, 0.29) is 5.41 Å². The standard InChI is InChI=1S/C23H20Cl3N3S/c1-13-21(18-12-20(30-28-18)23(2,3)4)27-29(19-10-9-16(25)11-17(19)26)22(13)14-5-7-15(24)8-6-14/h5-12H,1-4H3. The number of rotatable bonds is 3. The van der Waals surface area contributed by atoms with E-state index in [0.29, 0.717) is 15.1 Å². The average molecular weight is 477 g/mol. The topological polar surface area (TPSA) is 30.7 Å². The van der Waals surface area contributed by atoms with Gasteiger partial charge < -0.3 is 0 Å². The molecule has 0 atom stereocenters. The van der Waals surface area contributed by atoms with Crippen molar-refractivity contribution in [2.24, 2.45) is 0 Å². The zero-order valence-electron chi connectivity index (χ0n) is 17.0. The van der Waals surface area contributed by atoms with E-state index in [1.807, 2.05) is 41.1 Å². The van der Waals surface area contributed by atoms with Crippen LogP contribution in [0.25, 0.3) is 28.3 Å². The van der Waals surface area contributed by atoms with Crippen LogP contribution >= 0.6 is 46.3 Å². The fraction of sp³-hybridized carbons (Fsp3) is 0.217. The van der Waals surface area contributed by atoms with Gasteiger partial charge in [0.05, 0.1) is 16.4 Å². The smallest absolute Gasteiger partial charge is 0.116 e. The van der Waals surface area contributed by atoms with E-state index in [9.17, 15) is 0 Å². The average Bonchev–Trinajstić information content (AvgIpc) is 3.28. The van der Waals surface area contributed by atoms with Crippen molar-refractivity contribution in [3.05, 3.63) is 74.0 Å². The molecule has 0 unspecified atom stereocenters. The van der Waals surface area contributed by atoms with Crippen LogP contribution in [0.3, 0.4) is 0 Å². The van der Waals surface area contributed by atoms with Gasteiger partial charge in [0.2, 0.25) is 0 Å². The van der Waals surface area contributed by atoms with E-state index in [4.69, 9.17) is 44.3 Å². The highest BCUT2D eigenvalue weighted by atomic mass is 35.5. The van der Waals surface area contributed by atoms with Crippen LogP contribution in [0.5, 0.6) is 0 Å². The Hall–Kier alpha value is -1.85. The molecule has 3 nitrogen and oxygen atoms in total. The molecule has 0 radical (unpaired) electrons. The molecule has 2 heterocycles. The summed E-state index contributed by atoms with van der Waals surface area (Å²) >= 11 is 20.3. The fourth-order valence-electron chi connectivity index (χ4n) is 3.25. The summed E-state index contributed by atoms with van der Waals surface area (Å²) in [5, 5.41) is 6.72. The van der Waals surface area contributed by atoms with Gasteiger partial charge in [0, 0.05) is 26.0 Å². The van der Waals surface area contributed by atoms with Gasteiger partial charge in [-0.25, -0.2) is 4.68 Å². The second-order valence-electron chi connectivity index (χ2n) is 8.16. The lowest BCUT2D eigenvalue weighted by Crippen LogP contribution is -2.07. The summed E-state index contributed by atoms with van der Waals surface area (Å²) in [6, 6.07) is 15.2. The van der Waals surface area contributed by atoms with Crippen LogP contribution in [-0.2, 0) is 5.41 Å². The summed E-state index contributed by atoms with van der Waals surface area (Å²) in [5.41, 5.74) is 5.44. The van der Waals surface area contributed by atoms with Gasteiger partial charge in [-0.05, 0) is 60.3 Å². The predicted octanol–water partition coefficient (Wildman–Crippen LogP) is 8.23. The van der Waals surface area contributed by atoms with Crippen LogP contribution in [0.15, 0.2) is 48.5 Å². The first kappa shape index (κ1) is 21.4. The molecule has 0 aliphatic rings. The molecule has 4 aromatic rings. The highest BCUT2D eigenvalue weighted by Gasteiger charge is 2.24. The summed E-state index contributed by atoms with van der Waals surface area (Å²) in [6.07, 6.45) is 0. The Morgan fingerprint density at radius 3 is 2.17 bits per heavy atom. The van der Waals surface area contributed by atoms with Gasteiger partial charge in [-0.1, -0.05) is 67.7 Å². The van der Waals surface area contributed by atoms with Crippen molar-refractivity contribution in [2.45, 2.75) is 33.1 Å². The number of hydrogen-bond acceptors (Lipinski definition) is 3. The molecule has 0 N–H and O–H groups in total. The van der Waals surface area contributed by atoms with Gasteiger partial charge in [-0.2, -0.15) is 9.47 Å². The van der Waals surface area contributed by atoms with Crippen molar-refractivity contribution in [3.63, 3.8) is 0 Å². The van der Waals surface area contributed by atoms with Crippen LogP contribution in [0.1, 0.15) is 31.2 Å². The van der Waals surface area contributed by atoms with Crippen molar-refractivity contribution >= 4 is 46.3 Å². The Labute approximate surface area is 195 Å². The minimum absolute atomic E-state index is 0.0326. The fourth-order valence-corrected chi connectivity index (χ4v) is 4.64. The maximum atomic E-state index is 6.54. The number of halogens is 3. The highest BCUT2D eigenvalue weighted by Crippen LogP contribution is 2.38. The summed E-state index contributed by atoms with van der Waals surface area (Å²) in [7, 11) is 0. The van der Waals surface area contributed by atoms with Crippen LogP contribution < -0.4 is 0 Å². The second-order valence-corrected chi connectivity index (χ2v) is 10.2. The van der Waals surface area contributed by atoms with Crippen molar-refractivity contribution in [1.29, 1.82) is 0 Å². The Morgan fingerprint density at radius 2 is 1.57 bits per heavy atom. The lowest BCUT2D eigenvalue weighted by Gasteiger charge is -2.14. The predicted molar refractivity (Wildman–Crippen MR) is 129 cm³/mol. The largest absolute Gasteiger partial charge is 0.231 e. The summed E-state index contributed by atoms with van der Waals surface area (Å²) in [6.45, 7) is 8.61. The normalized spacial score (nSPS) is 11.8. The van der Waals surface area contributed by atoms with Gasteiger partial charge >= 0.3 is 0 Å². The molecule has 154 valence electrons. The zero-order chi connectivity index (χ0) is 21.6. The molecule has 7 heteroatoms. The van der Waals surface area contributed by atoms with E-state index in [1.165, 1.54) is 16.4 Å². The lowest BCUT2D eigenvalue weighted by atomic mass is 9.94. The van der Waals surface area contributed by atoms with E-state index in [0.717, 1.165) is 33.9 Å². The third kappa shape index (κ3) is 4.02. The summed E-state index contributed by atoms with van der Waals surface area (Å²) < 4.78 is 6.56. The Balaban J connectivity index is 1.95. The van der Waals surface area contributed by atoms with Crippen LogP contribution in [0.2, 0.25) is 15.1 Å². The van der Waals surface area contributed by atoms with Crippen LogP contribution in [-0.4, -0.2) is 14.2 Å². The first-order chi connectivity index (χ1) is 14.1. The molecule has 4 rings (SSSR count). The third-order valence-corrected chi connectivity index (χ3v) is 6.87. The van der Waals surface area contributed by atoms with Crippen molar-refractivity contribution in [2.75, 3.05) is 0 Å². The lowest BCUT2D eigenvalue weighted by molar-refractivity contribution is 0.604. The quantitative estimate of drug-likeness (QED) is 0.298. The molecule has 0 bridgehead atoms. The number of nitrogens with zero attached hydrogens (tertiary/aromatic N) is 3. The third-order valence-electron chi connectivity index (χ3n) is 4.87. The monoisotopic (exact) mass is 475 g/mol. The van der Waals surface area contributed by atoms with Crippen LogP contribution in [0.4, 0.5) is 0 Å². The van der Waals surface area contributed by atoms with E-state index in [1.54, 1.807) is 6.07 Å². The SMILES string of the molecule is Cc1c(-c2cc(C(C)(C)C)sn2)nn(-c2ccc(Cl)cc2Cl)c1-c1ccc(Cl)cc1. The molecule has 2 aromatic heterocycles. The minimum atomic E-state index is 0.0326. The van der Waals surface area contributed by atoms with Crippen molar-refractivity contribution in [1.82, 2.24) is 14.2 Å². The van der Waals surface area contributed by atoms with Crippen LogP contribution in [0, 0.1) is 6.92 Å². The highest BCUT2D eigenvalue weighted by molar-refractivity contribution is 7.06. The summed E-state index contributed by atoms with van der Waals surface area (Å²) in [5.74, 6) is 0. The van der Waals surface area contributed by atoms with E-state index < -0.39 is 0 Å². The molecule has 2 aromatic carbocycles. The molecule has 0 spiro atoms. The second kappa shape index (κ2) is 8.01. The molecule has 0 fully saturated rings. The molecule has 30 heavy (non-hydrogen) atoms. The Kier molecular flexibility index (Phi) is 5.71. The van der Waals surface area contributed by atoms with Gasteiger partial charge in [-0.15, -0.1) is 0 Å². The molecule has 0 saturated heterocycles. The van der Waals surface area contributed by atoms with Gasteiger partial charge in [0.15, 0.2) is 0 Å². The van der Waals surface area contributed by atoms with Crippen molar-refractivity contribution in [3.8, 4) is 28.3 Å². The molecular weight excluding hydrogens is 457 g/mol. The molecule has 0 aliphatic heterocycles. The molecule has 0 amide bonds. The molecule has 0 aliphatic carbocycles. The summed E-state index contributed by atoms with van der Waals surface area (Å²) in [4.78, 5) is 1.21. The molecule has 0 saturated carbocycles. The zero-order valence-corrected chi connectivity index (χ0v) is 20.1. The Morgan fingerprint density at radius 1 is 0.900 bits per heavy atom. The minimum Gasteiger partial charge on any atom is -0.231 e. The van der Waals surface area contributed by atoms with Crippen molar-refractivity contribution < 1.29 is 0 Å². The Bertz CT molecular complexity index is 1220. The maximum Gasteiger partial charge on any atom is 0.116 e. The number of hydrogen-bond donors (Lipinski definition) is 0. The van der Waals surface area contributed by atoms with E-state index >= 15 is 0 Å². The first-order valence-electron chi connectivity index (χ1n) is 9.43. The first-order valence-corrected chi connectivity index (χ1v) is 11.3. The number of aromatic nitrogens is 3. The van der Waals surface area contributed by atoms with E-state index in [2.05, 4.69) is 33.8 Å². The maximum absolute atomic E-state index is 6.54. The van der Waals surface area contributed by atoms with Gasteiger partial charge in [0.1, 0.15) is 11.4 Å². The number of benzene rings is 2.